The zero-order valence-corrected chi connectivity index (χ0v) is 14.5. The van der Waals surface area contributed by atoms with Gasteiger partial charge in [0.1, 0.15) is 12.0 Å². The molecule has 0 aromatic carbocycles. The molecule has 0 radical (unpaired) electrons. The number of hydrogen-bond donors (Lipinski definition) is 1. The molecule has 23 heavy (non-hydrogen) atoms. The predicted molar refractivity (Wildman–Crippen MR) is 87.6 cm³/mol. The Morgan fingerprint density at radius 2 is 2.13 bits per heavy atom. The van der Waals surface area contributed by atoms with Gasteiger partial charge < -0.3 is 24.1 Å². The Labute approximate surface area is 137 Å². The molecule has 1 saturated heterocycles. The summed E-state index contributed by atoms with van der Waals surface area (Å²) < 4.78 is 9.85. The van der Waals surface area contributed by atoms with Gasteiger partial charge in [-0.3, -0.25) is 0 Å². The van der Waals surface area contributed by atoms with Crippen molar-refractivity contribution in [2.75, 3.05) is 31.7 Å². The normalized spacial score (nSPS) is 20.5. The molecule has 1 aromatic rings. The maximum absolute atomic E-state index is 11.1. The van der Waals surface area contributed by atoms with Crippen molar-refractivity contribution in [3.63, 3.8) is 0 Å². The standard InChI is InChI=1S/C14H20N2O3.C3H8O/c1-9(2)11(6-17)12-3-13(15-19-12)16-7-14(8-16)4-10(18)5-14;1-3-4-2/h3,6,9-11,18H,4-5,7-8H2,1-2H3;3H2,1-2H3. The Hall–Kier alpha value is -1.40. The van der Waals surface area contributed by atoms with Crippen molar-refractivity contribution in [1.82, 2.24) is 5.16 Å². The average Bonchev–Trinajstić information content (AvgIpc) is 2.91. The van der Waals surface area contributed by atoms with E-state index in [0.717, 1.165) is 44.6 Å². The first-order valence-corrected chi connectivity index (χ1v) is 8.28. The molecule has 130 valence electrons. The van der Waals surface area contributed by atoms with Crippen LogP contribution >= 0.6 is 0 Å². The molecule has 0 bridgehead atoms. The van der Waals surface area contributed by atoms with Crippen LogP contribution in [-0.4, -0.2) is 49.5 Å². The number of aliphatic hydroxyl groups excluding tert-OH is 1. The lowest BCUT2D eigenvalue weighted by Gasteiger charge is -2.57. The Morgan fingerprint density at radius 1 is 1.52 bits per heavy atom. The van der Waals surface area contributed by atoms with Crippen LogP contribution in [0.2, 0.25) is 0 Å². The summed E-state index contributed by atoms with van der Waals surface area (Å²) in [6.07, 6.45) is 2.61. The van der Waals surface area contributed by atoms with Gasteiger partial charge in [0, 0.05) is 38.3 Å². The molecule has 1 N–H and O–H groups in total. The lowest BCUT2D eigenvalue weighted by molar-refractivity contribution is -0.110. The number of nitrogens with zero attached hydrogens (tertiary/aromatic N) is 2. The van der Waals surface area contributed by atoms with Gasteiger partial charge in [-0.05, 0) is 25.7 Å². The molecule has 6 heteroatoms. The average molecular weight is 324 g/mol. The zero-order valence-electron chi connectivity index (χ0n) is 14.5. The van der Waals surface area contributed by atoms with Crippen molar-refractivity contribution in [2.45, 2.75) is 45.6 Å². The predicted octanol–water partition coefficient (Wildman–Crippen LogP) is 2.23. The number of ether oxygens (including phenoxy) is 1. The van der Waals surface area contributed by atoms with Gasteiger partial charge in [0.15, 0.2) is 5.82 Å². The van der Waals surface area contributed by atoms with Crippen LogP contribution in [0.3, 0.4) is 0 Å². The molecule has 1 unspecified atom stereocenters. The molecule has 2 heterocycles. The van der Waals surface area contributed by atoms with Crippen LogP contribution < -0.4 is 4.90 Å². The Kier molecular flexibility index (Phi) is 5.81. The van der Waals surface area contributed by atoms with E-state index in [4.69, 9.17) is 4.52 Å². The summed E-state index contributed by atoms with van der Waals surface area (Å²) in [4.78, 5) is 13.2. The van der Waals surface area contributed by atoms with E-state index in [1.54, 1.807) is 7.11 Å². The Balaban J connectivity index is 0.000000433. The van der Waals surface area contributed by atoms with Crippen LogP contribution in [-0.2, 0) is 9.53 Å². The third-order valence-corrected chi connectivity index (χ3v) is 4.71. The number of aliphatic hydroxyl groups is 1. The monoisotopic (exact) mass is 324 g/mol. The van der Waals surface area contributed by atoms with Gasteiger partial charge in [-0.15, -0.1) is 0 Å². The van der Waals surface area contributed by atoms with Crippen molar-refractivity contribution in [3.05, 3.63) is 11.8 Å². The number of aldehydes is 1. The summed E-state index contributed by atoms with van der Waals surface area (Å²) >= 11 is 0. The van der Waals surface area contributed by atoms with Crippen molar-refractivity contribution in [2.24, 2.45) is 11.3 Å². The number of hydrogen-bond acceptors (Lipinski definition) is 6. The summed E-state index contributed by atoms with van der Waals surface area (Å²) in [6, 6.07) is 1.88. The summed E-state index contributed by atoms with van der Waals surface area (Å²) in [7, 11) is 1.68. The van der Waals surface area contributed by atoms with Crippen LogP contribution in [0.1, 0.15) is 45.3 Å². The van der Waals surface area contributed by atoms with Crippen molar-refractivity contribution in [1.29, 1.82) is 0 Å². The van der Waals surface area contributed by atoms with Gasteiger partial charge in [0.2, 0.25) is 0 Å². The lowest BCUT2D eigenvalue weighted by Crippen LogP contribution is -2.64. The molecular formula is C17H28N2O4. The highest BCUT2D eigenvalue weighted by Crippen LogP contribution is 2.49. The second kappa shape index (κ2) is 7.45. The summed E-state index contributed by atoms with van der Waals surface area (Å²) in [5.41, 5.74) is 0.306. The maximum Gasteiger partial charge on any atom is 0.172 e. The van der Waals surface area contributed by atoms with Crippen LogP contribution in [0.4, 0.5) is 5.82 Å². The van der Waals surface area contributed by atoms with Gasteiger partial charge >= 0.3 is 0 Å². The lowest BCUT2D eigenvalue weighted by atomic mass is 9.62. The van der Waals surface area contributed by atoms with Crippen molar-refractivity contribution >= 4 is 12.1 Å². The number of methoxy groups -OCH3 is 1. The number of rotatable bonds is 5. The van der Waals surface area contributed by atoms with Gasteiger partial charge in [0.05, 0.1) is 12.0 Å². The maximum atomic E-state index is 11.1. The quantitative estimate of drug-likeness (QED) is 0.837. The Bertz CT molecular complexity index is 498. The fourth-order valence-electron chi connectivity index (χ4n) is 3.26. The van der Waals surface area contributed by atoms with Crippen molar-refractivity contribution < 1.29 is 19.2 Å². The first-order valence-electron chi connectivity index (χ1n) is 8.28. The van der Waals surface area contributed by atoms with Crippen LogP contribution in [0.5, 0.6) is 0 Å². The fraction of sp³-hybridized carbons (Fsp3) is 0.765. The molecule has 6 nitrogen and oxygen atoms in total. The van der Waals surface area contributed by atoms with Gasteiger partial charge in [-0.1, -0.05) is 19.0 Å². The second-order valence-corrected chi connectivity index (χ2v) is 6.99. The number of carbonyl (C=O) groups is 1. The van der Waals surface area contributed by atoms with Crippen LogP contribution in [0.25, 0.3) is 0 Å². The molecule has 1 atom stereocenters. The Morgan fingerprint density at radius 3 is 2.57 bits per heavy atom. The topological polar surface area (TPSA) is 75.8 Å². The number of anilines is 1. The van der Waals surface area contributed by atoms with Crippen molar-refractivity contribution in [3.8, 4) is 0 Å². The number of carbonyl (C=O) groups excluding carboxylic acids is 1. The molecule has 0 amide bonds. The third kappa shape index (κ3) is 3.93. The SMILES string of the molecule is CC(C)C(C=O)c1cc(N2CC3(CC(O)C3)C2)no1.CCOC. The van der Waals surface area contributed by atoms with E-state index in [9.17, 15) is 9.90 Å². The van der Waals surface area contributed by atoms with E-state index in [-0.39, 0.29) is 17.9 Å². The summed E-state index contributed by atoms with van der Waals surface area (Å²) in [6.45, 7) is 8.64. The second-order valence-electron chi connectivity index (χ2n) is 6.99. The van der Waals surface area contributed by atoms with Crippen LogP contribution in [0.15, 0.2) is 10.6 Å². The largest absolute Gasteiger partial charge is 0.393 e. The smallest absolute Gasteiger partial charge is 0.172 e. The highest BCUT2D eigenvalue weighted by Gasteiger charge is 2.52. The fourth-order valence-corrected chi connectivity index (χ4v) is 3.26. The highest BCUT2D eigenvalue weighted by molar-refractivity contribution is 5.62. The first kappa shape index (κ1) is 17.9. The van der Waals surface area contributed by atoms with E-state index in [2.05, 4.69) is 14.8 Å². The van der Waals surface area contributed by atoms with E-state index in [1.165, 1.54) is 0 Å². The molecule has 1 saturated carbocycles. The highest BCUT2D eigenvalue weighted by atomic mass is 16.5. The van der Waals surface area contributed by atoms with E-state index >= 15 is 0 Å². The molecule has 2 aliphatic rings. The van der Waals surface area contributed by atoms with E-state index < -0.39 is 0 Å². The first-order chi connectivity index (χ1) is 10.9. The summed E-state index contributed by atoms with van der Waals surface area (Å²) in [5.74, 6) is 1.45. The molecule has 3 rings (SSSR count). The minimum absolute atomic E-state index is 0.115. The molecule has 1 aliphatic heterocycles. The molecule has 2 fully saturated rings. The van der Waals surface area contributed by atoms with E-state index in [0.29, 0.717) is 11.2 Å². The van der Waals surface area contributed by atoms with E-state index in [1.807, 2.05) is 26.8 Å². The van der Waals surface area contributed by atoms with Crippen LogP contribution in [0, 0.1) is 11.3 Å². The minimum Gasteiger partial charge on any atom is -0.393 e. The molecular weight excluding hydrogens is 296 g/mol. The van der Waals surface area contributed by atoms with Gasteiger partial charge in [-0.25, -0.2) is 0 Å². The minimum atomic E-state index is -0.220. The molecule has 1 aromatic heterocycles. The van der Waals surface area contributed by atoms with Gasteiger partial charge in [0.25, 0.3) is 0 Å². The zero-order chi connectivity index (χ0) is 17.0. The molecule has 1 spiro atoms. The molecule has 1 aliphatic carbocycles. The van der Waals surface area contributed by atoms with Gasteiger partial charge in [-0.2, -0.15) is 0 Å². The third-order valence-electron chi connectivity index (χ3n) is 4.71. The summed E-state index contributed by atoms with van der Waals surface area (Å²) in [5, 5.41) is 13.4. The number of aromatic nitrogens is 1.